The fourth-order valence-corrected chi connectivity index (χ4v) is 4.97. The molecule has 1 saturated heterocycles. The summed E-state index contributed by atoms with van der Waals surface area (Å²) in [5.41, 5.74) is -1.28. The van der Waals surface area contributed by atoms with Gasteiger partial charge < -0.3 is 19.7 Å². The molecule has 3 aliphatic rings. The van der Waals surface area contributed by atoms with Crippen LogP contribution in [0.2, 0.25) is 0 Å². The van der Waals surface area contributed by atoms with E-state index in [0.29, 0.717) is 0 Å². The summed E-state index contributed by atoms with van der Waals surface area (Å²) in [5, 5.41) is 20.8. The molecule has 6 atom stereocenters. The maximum atomic E-state index is 12.5. The van der Waals surface area contributed by atoms with E-state index >= 15 is 0 Å². The Labute approximate surface area is 135 Å². The first kappa shape index (κ1) is 16.5. The number of esters is 2. The summed E-state index contributed by atoms with van der Waals surface area (Å²) >= 11 is 0. The van der Waals surface area contributed by atoms with Crippen molar-refractivity contribution in [3.05, 3.63) is 11.1 Å². The largest absolute Gasteiger partial charge is 0.463 e. The second-order valence-corrected chi connectivity index (χ2v) is 7.37. The van der Waals surface area contributed by atoms with Gasteiger partial charge in [-0.15, -0.1) is 0 Å². The third-order valence-corrected chi connectivity index (χ3v) is 6.17. The van der Waals surface area contributed by atoms with Crippen LogP contribution in [0.5, 0.6) is 0 Å². The molecular formula is C17H24O6. The van der Waals surface area contributed by atoms with Crippen molar-refractivity contribution in [3.8, 4) is 0 Å². The minimum absolute atomic E-state index is 0.0353. The fourth-order valence-electron chi connectivity index (χ4n) is 4.97. The Hall–Kier alpha value is -1.40. The molecule has 0 unspecified atom stereocenters. The first-order valence-corrected chi connectivity index (χ1v) is 8.12. The highest BCUT2D eigenvalue weighted by Gasteiger charge is 2.76. The Morgan fingerprint density at radius 2 is 2.04 bits per heavy atom. The molecule has 6 heteroatoms. The van der Waals surface area contributed by atoms with E-state index in [0.717, 1.165) is 6.42 Å². The first-order valence-electron chi connectivity index (χ1n) is 8.12. The van der Waals surface area contributed by atoms with Crippen molar-refractivity contribution in [2.24, 2.45) is 23.2 Å². The second kappa shape index (κ2) is 5.05. The lowest BCUT2D eigenvalue weighted by Crippen LogP contribution is -2.57. The standard InChI is InChI=1S/C17H24O6/c1-5-22-14(20)8(2)11-12(19)13-16(3,7-18)9-6-10(9)17(13,4)23-15(11)21/h9-10,12-13,18-19H,5-7H2,1-4H3/b11-8-/t9-,10+,12+,13-,16+,17+/m1/s1. The van der Waals surface area contributed by atoms with E-state index in [2.05, 4.69) is 0 Å². The number of fused-ring (bicyclic) bond motifs is 3. The van der Waals surface area contributed by atoms with Crippen LogP contribution in [0.15, 0.2) is 11.1 Å². The van der Waals surface area contributed by atoms with Gasteiger partial charge in [-0.1, -0.05) is 6.92 Å². The van der Waals surface area contributed by atoms with Crippen LogP contribution in [0.1, 0.15) is 34.1 Å². The van der Waals surface area contributed by atoms with Gasteiger partial charge in [0.15, 0.2) is 0 Å². The first-order chi connectivity index (χ1) is 10.7. The molecule has 23 heavy (non-hydrogen) atoms. The molecule has 2 N–H and O–H groups in total. The highest BCUT2D eigenvalue weighted by atomic mass is 16.6. The predicted octanol–water partition coefficient (Wildman–Crippen LogP) is 0.807. The summed E-state index contributed by atoms with van der Waals surface area (Å²) in [6.45, 7) is 7.00. The van der Waals surface area contributed by atoms with E-state index in [4.69, 9.17) is 9.47 Å². The molecule has 3 rings (SSSR count). The zero-order valence-electron chi connectivity index (χ0n) is 14.0. The lowest BCUT2D eigenvalue weighted by molar-refractivity contribution is -0.186. The van der Waals surface area contributed by atoms with Gasteiger partial charge in [0.2, 0.25) is 0 Å². The number of aliphatic hydroxyl groups excluding tert-OH is 2. The second-order valence-electron chi connectivity index (χ2n) is 7.37. The number of hydrogen-bond acceptors (Lipinski definition) is 6. The van der Waals surface area contributed by atoms with E-state index in [9.17, 15) is 19.8 Å². The van der Waals surface area contributed by atoms with Gasteiger partial charge >= 0.3 is 11.9 Å². The minimum Gasteiger partial charge on any atom is -0.463 e. The number of hydrogen-bond donors (Lipinski definition) is 2. The minimum atomic E-state index is -1.14. The molecule has 2 saturated carbocycles. The Morgan fingerprint density at radius 1 is 1.39 bits per heavy atom. The molecule has 0 bridgehead atoms. The molecule has 0 aromatic heterocycles. The van der Waals surface area contributed by atoms with Crippen LogP contribution < -0.4 is 0 Å². The number of rotatable bonds is 3. The van der Waals surface area contributed by atoms with Gasteiger partial charge in [-0.3, -0.25) is 0 Å². The molecule has 3 fully saturated rings. The van der Waals surface area contributed by atoms with E-state index < -0.39 is 35.0 Å². The maximum absolute atomic E-state index is 12.5. The number of aliphatic hydroxyl groups is 2. The van der Waals surface area contributed by atoms with Crippen LogP contribution in [0, 0.1) is 23.2 Å². The molecule has 128 valence electrons. The molecule has 0 radical (unpaired) electrons. The van der Waals surface area contributed by atoms with Crippen molar-refractivity contribution in [2.75, 3.05) is 13.2 Å². The fraction of sp³-hybridized carbons (Fsp3) is 0.765. The molecule has 2 aliphatic carbocycles. The molecule has 1 aliphatic heterocycles. The number of carbonyl (C=O) groups excluding carboxylic acids is 2. The Balaban J connectivity index is 2.04. The topological polar surface area (TPSA) is 93.1 Å². The van der Waals surface area contributed by atoms with E-state index in [1.165, 1.54) is 6.92 Å². The van der Waals surface area contributed by atoms with Gasteiger partial charge in [-0.25, -0.2) is 9.59 Å². The van der Waals surface area contributed by atoms with E-state index in [1.807, 2.05) is 13.8 Å². The van der Waals surface area contributed by atoms with Crippen LogP contribution in [0.3, 0.4) is 0 Å². The van der Waals surface area contributed by atoms with Gasteiger partial charge in [0.25, 0.3) is 0 Å². The van der Waals surface area contributed by atoms with Crippen molar-refractivity contribution in [1.29, 1.82) is 0 Å². The van der Waals surface area contributed by atoms with E-state index in [1.54, 1.807) is 6.92 Å². The molecule has 0 aromatic carbocycles. The SMILES string of the molecule is CCOC(=O)/C(C)=C1\C(=O)O[C@]2(C)[C@H]([C@H]1O)[C@@](C)(CO)[C@@H]1C[C@@H]12. The zero-order chi connectivity index (χ0) is 17.2. The Kier molecular flexibility index (Phi) is 3.61. The van der Waals surface area contributed by atoms with Gasteiger partial charge in [-0.05, 0) is 33.1 Å². The third kappa shape index (κ3) is 2.01. The molecular weight excluding hydrogens is 300 g/mol. The number of carbonyl (C=O) groups is 2. The monoisotopic (exact) mass is 324 g/mol. The maximum Gasteiger partial charge on any atom is 0.337 e. The molecule has 1 heterocycles. The average Bonchev–Trinajstić information content (AvgIpc) is 3.24. The van der Waals surface area contributed by atoms with Crippen LogP contribution >= 0.6 is 0 Å². The third-order valence-electron chi connectivity index (χ3n) is 6.17. The van der Waals surface area contributed by atoms with Crippen LogP contribution in [0.25, 0.3) is 0 Å². The smallest absolute Gasteiger partial charge is 0.337 e. The van der Waals surface area contributed by atoms with E-state index in [-0.39, 0.29) is 36.2 Å². The van der Waals surface area contributed by atoms with Crippen molar-refractivity contribution in [3.63, 3.8) is 0 Å². The summed E-state index contributed by atoms with van der Waals surface area (Å²) in [5.74, 6) is -1.33. The normalized spacial score (nSPS) is 46.6. The summed E-state index contributed by atoms with van der Waals surface area (Å²) in [4.78, 5) is 24.4. The summed E-state index contributed by atoms with van der Waals surface area (Å²) in [6.07, 6.45) is -0.254. The quantitative estimate of drug-likeness (QED) is 0.589. The van der Waals surface area contributed by atoms with Gasteiger partial charge in [0, 0.05) is 29.4 Å². The van der Waals surface area contributed by atoms with Crippen molar-refractivity contribution < 1.29 is 29.3 Å². The van der Waals surface area contributed by atoms with Crippen LogP contribution in [-0.4, -0.2) is 47.1 Å². The zero-order valence-corrected chi connectivity index (χ0v) is 14.0. The molecule has 0 aromatic rings. The van der Waals surface area contributed by atoms with Crippen molar-refractivity contribution in [2.45, 2.75) is 45.8 Å². The number of ether oxygens (including phenoxy) is 2. The molecule has 0 spiro atoms. The lowest BCUT2D eigenvalue weighted by atomic mass is 9.65. The molecule has 0 amide bonds. The van der Waals surface area contributed by atoms with Crippen molar-refractivity contribution in [1.82, 2.24) is 0 Å². The average molecular weight is 324 g/mol. The predicted molar refractivity (Wildman–Crippen MR) is 80.1 cm³/mol. The van der Waals surface area contributed by atoms with Crippen LogP contribution in [-0.2, 0) is 19.1 Å². The van der Waals surface area contributed by atoms with Gasteiger partial charge in [0.1, 0.15) is 5.60 Å². The van der Waals surface area contributed by atoms with Crippen molar-refractivity contribution >= 4 is 11.9 Å². The highest BCUT2D eigenvalue weighted by Crippen LogP contribution is 2.72. The lowest BCUT2D eigenvalue weighted by Gasteiger charge is -2.48. The summed E-state index contributed by atoms with van der Waals surface area (Å²) in [7, 11) is 0. The van der Waals surface area contributed by atoms with Crippen LogP contribution in [0.4, 0.5) is 0 Å². The van der Waals surface area contributed by atoms with Gasteiger partial charge in [0.05, 0.1) is 18.3 Å². The summed E-state index contributed by atoms with van der Waals surface area (Å²) < 4.78 is 10.6. The Bertz CT molecular complexity index is 596. The highest BCUT2D eigenvalue weighted by molar-refractivity contribution is 6.01. The van der Waals surface area contributed by atoms with Gasteiger partial charge in [-0.2, -0.15) is 0 Å². The molecule has 6 nitrogen and oxygen atoms in total. The Morgan fingerprint density at radius 3 is 2.61 bits per heavy atom. The summed E-state index contributed by atoms with van der Waals surface area (Å²) in [6, 6.07) is 0.